The number of hydrogen-bond donors (Lipinski definition) is 2. The number of benzene rings is 2. The average Bonchev–Trinajstić information content (AvgIpc) is 2.62. The number of anilines is 1. The number of aliphatic hydroxyl groups excluding tert-OH is 1. The third-order valence-electron chi connectivity index (χ3n) is 4.21. The molecule has 2 aromatic carbocycles. The van der Waals surface area contributed by atoms with Gasteiger partial charge in [-0.05, 0) is 54.3 Å². The van der Waals surface area contributed by atoms with Gasteiger partial charge in [0.15, 0.2) is 0 Å². The van der Waals surface area contributed by atoms with Gasteiger partial charge < -0.3 is 20.1 Å². The van der Waals surface area contributed by atoms with Crippen molar-refractivity contribution in [2.24, 2.45) is 0 Å². The Kier molecular flexibility index (Phi) is 5.19. The predicted molar refractivity (Wildman–Crippen MR) is 93.3 cm³/mol. The Bertz CT molecular complexity index is 749. The first kappa shape index (κ1) is 17.2. The highest BCUT2D eigenvalue weighted by Crippen LogP contribution is 2.27. The fourth-order valence-corrected chi connectivity index (χ4v) is 2.79. The molecule has 0 radical (unpaired) electrons. The summed E-state index contributed by atoms with van der Waals surface area (Å²) in [4.78, 5) is 13.7. The van der Waals surface area contributed by atoms with Gasteiger partial charge in [0.2, 0.25) is 0 Å². The van der Waals surface area contributed by atoms with Gasteiger partial charge in [0.25, 0.3) is 0 Å². The van der Waals surface area contributed by atoms with Crippen molar-refractivity contribution in [1.29, 1.82) is 0 Å². The van der Waals surface area contributed by atoms with Crippen molar-refractivity contribution in [2.75, 3.05) is 25.5 Å². The lowest BCUT2D eigenvalue weighted by Crippen LogP contribution is -2.34. The van der Waals surface area contributed by atoms with E-state index in [-0.39, 0.29) is 18.4 Å². The van der Waals surface area contributed by atoms with Crippen molar-refractivity contribution in [3.8, 4) is 5.75 Å². The first-order valence-corrected chi connectivity index (χ1v) is 8.24. The lowest BCUT2D eigenvalue weighted by atomic mass is 10.1. The summed E-state index contributed by atoms with van der Waals surface area (Å²) in [7, 11) is 1.60. The van der Waals surface area contributed by atoms with E-state index in [2.05, 4.69) is 5.32 Å². The highest BCUT2D eigenvalue weighted by atomic mass is 19.1. The third-order valence-corrected chi connectivity index (χ3v) is 4.21. The molecule has 2 aromatic rings. The van der Waals surface area contributed by atoms with Crippen LogP contribution >= 0.6 is 0 Å². The van der Waals surface area contributed by atoms with Crippen molar-refractivity contribution >= 4 is 11.7 Å². The van der Waals surface area contributed by atoms with E-state index in [1.807, 2.05) is 12.1 Å². The molecule has 3 rings (SSSR count). The van der Waals surface area contributed by atoms with E-state index in [1.54, 1.807) is 13.1 Å². The van der Waals surface area contributed by atoms with Crippen LogP contribution in [-0.4, -0.2) is 36.2 Å². The molecule has 132 valence electrons. The van der Waals surface area contributed by atoms with Crippen LogP contribution in [0.3, 0.4) is 0 Å². The first-order valence-electron chi connectivity index (χ1n) is 8.24. The molecule has 0 spiro atoms. The van der Waals surface area contributed by atoms with Crippen molar-refractivity contribution in [1.82, 2.24) is 4.90 Å². The van der Waals surface area contributed by atoms with E-state index in [1.165, 1.54) is 29.2 Å². The van der Waals surface area contributed by atoms with Crippen LogP contribution in [0.5, 0.6) is 5.75 Å². The van der Waals surface area contributed by atoms with Crippen LogP contribution in [0.25, 0.3) is 0 Å². The molecule has 0 aliphatic carbocycles. The van der Waals surface area contributed by atoms with E-state index in [4.69, 9.17) is 4.74 Å². The first-order chi connectivity index (χ1) is 12.0. The van der Waals surface area contributed by atoms with E-state index in [9.17, 15) is 14.3 Å². The molecule has 1 atom stereocenters. The maximum Gasteiger partial charge on any atom is 0.321 e. The quantitative estimate of drug-likeness (QED) is 0.894. The Labute approximate surface area is 146 Å². The number of carbonyl (C=O) groups excluding carboxylic acids is 1. The van der Waals surface area contributed by atoms with Gasteiger partial charge in [-0.15, -0.1) is 0 Å². The van der Waals surface area contributed by atoms with Crippen LogP contribution in [0.2, 0.25) is 0 Å². The molecule has 6 heteroatoms. The highest BCUT2D eigenvalue weighted by Gasteiger charge is 2.17. The standard InChI is InChI=1S/C19H21FN2O3/c1-22(12-17(23)13-4-6-15(20)7-5-13)19(24)21-16-8-9-18-14(11-16)3-2-10-25-18/h4-9,11,17,23H,2-3,10,12H2,1H3,(H,21,24)/t17-/m0/s1. The summed E-state index contributed by atoms with van der Waals surface area (Å²) in [5.74, 6) is 0.503. The number of hydrogen-bond acceptors (Lipinski definition) is 3. The van der Waals surface area contributed by atoms with Crippen molar-refractivity contribution in [3.63, 3.8) is 0 Å². The van der Waals surface area contributed by atoms with Crippen molar-refractivity contribution in [3.05, 3.63) is 59.4 Å². The second-order valence-electron chi connectivity index (χ2n) is 6.15. The molecule has 0 unspecified atom stereocenters. The molecule has 25 heavy (non-hydrogen) atoms. The summed E-state index contributed by atoms with van der Waals surface area (Å²) in [6, 6.07) is 10.8. The molecule has 0 saturated carbocycles. The predicted octanol–water partition coefficient (Wildman–Crippen LogP) is 3.35. The van der Waals surface area contributed by atoms with Gasteiger partial charge in [-0.1, -0.05) is 12.1 Å². The molecule has 0 aromatic heterocycles. The lowest BCUT2D eigenvalue weighted by molar-refractivity contribution is 0.136. The fourth-order valence-electron chi connectivity index (χ4n) is 2.79. The van der Waals surface area contributed by atoms with Crippen LogP contribution in [0.4, 0.5) is 14.9 Å². The average molecular weight is 344 g/mol. The van der Waals surface area contributed by atoms with Gasteiger partial charge in [0.1, 0.15) is 11.6 Å². The number of carbonyl (C=O) groups is 1. The number of rotatable bonds is 4. The highest BCUT2D eigenvalue weighted by molar-refractivity contribution is 5.89. The second-order valence-corrected chi connectivity index (χ2v) is 6.15. The smallest absolute Gasteiger partial charge is 0.321 e. The lowest BCUT2D eigenvalue weighted by Gasteiger charge is -2.22. The molecular formula is C19H21FN2O3. The largest absolute Gasteiger partial charge is 0.493 e. The maximum atomic E-state index is 12.9. The Morgan fingerprint density at radius 2 is 2.08 bits per heavy atom. The number of nitrogens with one attached hydrogen (secondary N) is 1. The zero-order valence-electron chi connectivity index (χ0n) is 14.0. The van der Waals surface area contributed by atoms with Crippen LogP contribution in [0.1, 0.15) is 23.7 Å². The Balaban J connectivity index is 1.59. The number of urea groups is 1. The summed E-state index contributed by atoms with van der Waals surface area (Å²) < 4.78 is 18.5. The minimum Gasteiger partial charge on any atom is -0.493 e. The maximum absolute atomic E-state index is 12.9. The van der Waals surface area contributed by atoms with Gasteiger partial charge in [-0.2, -0.15) is 0 Å². The number of halogens is 1. The second kappa shape index (κ2) is 7.53. The van der Waals surface area contributed by atoms with Crippen molar-refractivity contribution in [2.45, 2.75) is 18.9 Å². The molecule has 0 saturated heterocycles. The molecule has 0 fully saturated rings. The zero-order chi connectivity index (χ0) is 17.8. The Morgan fingerprint density at radius 3 is 2.84 bits per heavy atom. The molecule has 1 aliphatic rings. The van der Waals surface area contributed by atoms with E-state index >= 15 is 0 Å². The minimum atomic E-state index is -0.881. The Hall–Kier alpha value is -2.60. The SMILES string of the molecule is CN(C[C@H](O)c1ccc(F)cc1)C(=O)Nc1ccc2c(c1)CCCO2. The molecule has 5 nitrogen and oxygen atoms in total. The fraction of sp³-hybridized carbons (Fsp3) is 0.316. The number of aryl methyl sites for hydroxylation is 1. The molecule has 1 heterocycles. The number of fused-ring (bicyclic) bond motifs is 1. The van der Waals surface area contributed by atoms with Crippen LogP contribution in [0.15, 0.2) is 42.5 Å². The summed E-state index contributed by atoms with van der Waals surface area (Å²) in [6.07, 6.45) is 1.01. The number of aliphatic hydroxyl groups is 1. The molecule has 2 N–H and O–H groups in total. The van der Waals surface area contributed by atoms with Gasteiger partial charge in [0.05, 0.1) is 19.3 Å². The monoisotopic (exact) mass is 344 g/mol. The molecule has 1 aliphatic heterocycles. The van der Waals surface area contributed by atoms with Gasteiger partial charge in [0, 0.05) is 12.7 Å². The van der Waals surface area contributed by atoms with Crippen LogP contribution < -0.4 is 10.1 Å². The van der Waals surface area contributed by atoms with Crippen molar-refractivity contribution < 1.29 is 19.0 Å². The summed E-state index contributed by atoms with van der Waals surface area (Å²) in [5, 5.41) is 13.0. The summed E-state index contributed by atoms with van der Waals surface area (Å²) in [5.41, 5.74) is 2.34. The third kappa shape index (κ3) is 4.28. The number of ether oxygens (including phenoxy) is 1. The molecular weight excluding hydrogens is 323 g/mol. The van der Waals surface area contributed by atoms with Gasteiger partial charge >= 0.3 is 6.03 Å². The Morgan fingerprint density at radius 1 is 1.32 bits per heavy atom. The number of nitrogens with zero attached hydrogens (tertiary/aromatic N) is 1. The molecule has 0 bridgehead atoms. The van der Waals surface area contributed by atoms with Crippen LogP contribution in [-0.2, 0) is 6.42 Å². The van der Waals surface area contributed by atoms with E-state index < -0.39 is 6.10 Å². The normalized spacial score (nSPS) is 14.2. The van der Waals surface area contributed by atoms with Gasteiger partial charge in [-0.3, -0.25) is 0 Å². The number of likely N-dealkylation sites (N-methyl/N-ethyl adjacent to an activating group) is 1. The summed E-state index contributed by atoms with van der Waals surface area (Å²) >= 11 is 0. The van der Waals surface area contributed by atoms with E-state index in [0.717, 1.165) is 30.8 Å². The topological polar surface area (TPSA) is 61.8 Å². The zero-order valence-corrected chi connectivity index (χ0v) is 14.0. The van der Waals surface area contributed by atoms with Gasteiger partial charge in [-0.25, -0.2) is 9.18 Å². The minimum absolute atomic E-state index is 0.103. The van der Waals surface area contributed by atoms with Crippen LogP contribution in [0, 0.1) is 5.82 Å². The van der Waals surface area contributed by atoms with E-state index in [0.29, 0.717) is 11.3 Å². The molecule has 2 amide bonds. The summed E-state index contributed by atoms with van der Waals surface area (Å²) in [6.45, 7) is 0.828. The number of amides is 2.